The predicted octanol–water partition coefficient (Wildman–Crippen LogP) is 10.4. The van der Waals surface area contributed by atoms with E-state index >= 15 is 0 Å². The maximum atomic E-state index is 4.88. The zero-order valence-corrected chi connectivity index (χ0v) is 25.9. The van der Waals surface area contributed by atoms with E-state index in [1.165, 1.54) is 43.8 Å². The fourth-order valence-corrected chi connectivity index (χ4v) is 6.88. The van der Waals surface area contributed by atoms with Gasteiger partial charge in [-0.15, -0.1) is 0 Å². The van der Waals surface area contributed by atoms with E-state index in [2.05, 4.69) is 144 Å². The minimum absolute atomic E-state index is 0.769. The molecule has 4 heteroatoms. The van der Waals surface area contributed by atoms with Crippen LogP contribution in [0.5, 0.6) is 0 Å². The van der Waals surface area contributed by atoms with Crippen LogP contribution in [0.15, 0.2) is 140 Å². The molecule has 0 aliphatic rings. The van der Waals surface area contributed by atoms with Gasteiger partial charge in [0.1, 0.15) is 0 Å². The van der Waals surface area contributed by atoms with Crippen molar-refractivity contribution in [3.63, 3.8) is 0 Å². The second-order valence-electron chi connectivity index (χ2n) is 11.8. The Morgan fingerprint density at radius 2 is 1.20 bits per heavy atom. The highest BCUT2D eigenvalue weighted by Crippen LogP contribution is 2.33. The van der Waals surface area contributed by atoms with Crippen molar-refractivity contribution in [1.82, 2.24) is 19.1 Å². The summed E-state index contributed by atoms with van der Waals surface area (Å²) in [4.78, 5) is 9.75. The number of aromatic nitrogens is 4. The molecule has 0 aliphatic carbocycles. The molecule has 4 aromatic carbocycles. The Bertz CT molecular complexity index is 2280. The van der Waals surface area contributed by atoms with E-state index in [-0.39, 0.29) is 0 Å². The van der Waals surface area contributed by atoms with Gasteiger partial charge in [-0.3, -0.25) is 9.97 Å². The first-order valence-electron chi connectivity index (χ1n) is 16.0. The third-order valence-corrected chi connectivity index (χ3v) is 9.00. The maximum Gasteiger partial charge on any atom is 0.0703 e. The fraction of sp³-hybridized carbons (Fsp3) is 0.0952. The molecule has 0 spiro atoms. The van der Waals surface area contributed by atoms with Gasteiger partial charge in [0.25, 0.3) is 0 Å². The molecule has 0 bridgehead atoms. The minimum atomic E-state index is 0.769. The van der Waals surface area contributed by atoms with E-state index in [1.54, 1.807) is 0 Å². The van der Waals surface area contributed by atoms with Crippen LogP contribution in [0, 0.1) is 0 Å². The molecule has 0 unspecified atom stereocenters. The van der Waals surface area contributed by atoms with E-state index < -0.39 is 0 Å². The molecule has 0 aliphatic heterocycles. The van der Waals surface area contributed by atoms with Gasteiger partial charge < -0.3 is 9.13 Å². The quantitative estimate of drug-likeness (QED) is 0.175. The van der Waals surface area contributed by atoms with Crippen molar-refractivity contribution in [2.75, 3.05) is 0 Å². The first kappa shape index (κ1) is 27.8. The van der Waals surface area contributed by atoms with Crippen molar-refractivity contribution in [1.29, 1.82) is 0 Å². The molecule has 0 radical (unpaired) electrons. The van der Waals surface area contributed by atoms with Gasteiger partial charge in [-0.1, -0.05) is 98.8 Å². The van der Waals surface area contributed by atoms with Gasteiger partial charge in [0.05, 0.1) is 46.0 Å². The smallest absolute Gasteiger partial charge is 0.0703 e. The molecule has 0 saturated heterocycles. The summed E-state index contributed by atoms with van der Waals surface area (Å²) in [5, 5.41) is 3.80. The number of fused-ring (bicyclic) bond motifs is 4. The van der Waals surface area contributed by atoms with Gasteiger partial charge in [0.15, 0.2) is 0 Å². The Labute approximate surface area is 268 Å². The van der Waals surface area contributed by atoms with E-state index in [4.69, 9.17) is 9.97 Å². The van der Waals surface area contributed by atoms with Gasteiger partial charge >= 0.3 is 0 Å². The number of benzene rings is 4. The molecule has 46 heavy (non-hydrogen) atoms. The number of aryl methyl sites for hydroxylation is 1. The number of hydrogen-bond acceptors (Lipinski definition) is 2. The van der Waals surface area contributed by atoms with Gasteiger partial charge in [-0.25, -0.2) is 0 Å². The third-order valence-electron chi connectivity index (χ3n) is 9.00. The summed E-state index contributed by atoms with van der Waals surface area (Å²) in [6.45, 7) is 6.37. The molecule has 0 N–H and O–H groups in total. The highest BCUT2D eigenvalue weighted by molar-refractivity contribution is 6.09. The summed E-state index contributed by atoms with van der Waals surface area (Å²) >= 11 is 0. The fourth-order valence-electron chi connectivity index (χ4n) is 6.88. The maximum absolute atomic E-state index is 4.88. The first-order valence-corrected chi connectivity index (χ1v) is 16.0. The molecule has 0 atom stereocenters. The zero-order chi connectivity index (χ0) is 31.0. The average Bonchev–Trinajstić information content (AvgIpc) is 3.62. The SMILES string of the molecule is C=Cc1c(CCC)c2ccccc2n1-c1ccc(-c2ccc(Cc3ccc(-n4c5ccccc5c5ccccc54)cn3)cc2)nc1. The van der Waals surface area contributed by atoms with Crippen LogP contribution >= 0.6 is 0 Å². The normalized spacial score (nSPS) is 11.5. The summed E-state index contributed by atoms with van der Waals surface area (Å²) in [7, 11) is 0. The van der Waals surface area contributed by atoms with Crippen molar-refractivity contribution in [2.24, 2.45) is 0 Å². The van der Waals surface area contributed by atoms with Crippen molar-refractivity contribution in [3.8, 4) is 22.6 Å². The Morgan fingerprint density at radius 3 is 1.78 bits per heavy atom. The Hall–Kier alpha value is -5.74. The topological polar surface area (TPSA) is 35.6 Å². The molecular weight excluding hydrogens is 560 g/mol. The number of pyridine rings is 2. The van der Waals surface area contributed by atoms with Crippen LogP contribution < -0.4 is 0 Å². The molecule has 0 amide bonds. The Morgan fingerprint density at radius 1 is 0.609 bits per heavy atom. The van der Waals surface area contributed by atoms with E-state index in [0.717, 1.165) is 53.3 Å². The lowest BCUT2D eigenvalue weighted by Gasteiger charge is -2.11. The van der Waals surface area contributed by atoms with Crippen LogP contribution in [-0.4, -0.2) is 19.1 Å². The molecule has 4 heterocycles. The summed E-state index contributed by atoms with van der Waals surface area (Å²) in [5.74, 6) is 0. The summed E-state index contributed by atoms with van der Waals surface area (Å²) in [6, 6.07) is 43.0. The highest BCUT2D eigenvalue weighted by atomic mass is 15.0. The number of para-hydroxylation sites is 3. The van der Waals surface area contributed by atoms with E-state index in [0.29, 0.717) is 0 Å². The lowest BCUT2D eigenvalue weighted by atomic mass is 10.0. The van der Waals surface area contributed by atoms with Crippen molar-refractivity contribution < 1.29 is 0 Å². The van der Waals surface area contributed by atoms with Gasteiger partial charge in [-0.05, 0) is 66.1 Å². The van der Waals surface area contributed by atoms with Crippen LogP contribution in [-0.2, 0) is 12.8 Å². The number of rotatable bonds is 8. The average molecular weight is 595 g/mol. The van der Waals surface area contributed by atoms with Crippen LogP contribution in [0.1, 0.15) is 35.9 Å². The van der Waals surface area contributed by atoms with E-state index in [1.807, 2.05) is 18.5 Å². The Kier molecular flexibility index (Phi) is 7.03. The van der Waals surface area contributed by atoms with Crippen molar-refractivity contribution >= 4 is 38.8 Å². The lowest BCUT2D eigenvalue weighted by molar-refractivity contribution is 0.917. The molecule has 8 rings (SSSR count). The van der Waals surface area contributed by atoms with E-state index in [9.17, 15) is 0 Å². The molecule has 4 nitrogen and oxygen atoms in total. The van der Waals surface area contributed by atoms with Crippen molar-refractivity contribution in [2.45, 2.75) is 26.2 Å². The molecule has 4 aromatic heterocycles. The standard InChI is InChI=1S/C42H34N4/c1-3-11-34-35-12-5-8-15-40(35)45(39(34)4-2)33-24-25-38(44-28-33)30-20-18-29(19-21-30)26-31-22-23-32(27-43-31)46-41-16-9-6-13-36(41)37-14-7-10-17-42(37)46/h4-10,12-25,27-28H,2-3,11,26H2,1H3. The van der Waals surface area contributed by atoms with Crippen LogP contribution in [0.4, 0.5) is 0 Å². The summed E-state index contributed by atoms with van der Waals surface area (Å²) in [5.41, 5.74) is 12.5. The number of nitrogens with zero attached hydrogens (tertiary/aromatic N) is 4. The van der Waals surface area contributed by atoms with Crippen molar-refractivity contribution in [3.05, 3.63) is 163 Å². The Balaban J connectivity index is 1.03. The van der Waals surface area contributed by atoms with Gasteiger partial charge in [-0.2, -0.15) is 0 Å². The van der Waals surface area contributed by atoms with Crippen LogP contribution in [0.2, 0.25) is 0 Å². The summed E-state index contributed by atoms with van der Waals surface area (Å²) in [6.07, 6.45) is 8.82. The third kappa shape index (κ3) is 4.70. The van der Waals surface area contributed by atoms with Crippen LogP contribution in [0.3, 0.4) is 0 Å². The highest BCUT2D eigenvalue weighted by Gasteiger charge is 2.16. The molecule has 8 aromatic rings. The lowest BCUT2D eigenvalue weighted by Crippen LogP contribution is -1.99. The van der Waals surface area contributed by atoms with Crippen LogP contribution in [0.25, 0.3) is 61.4 Å². The van der Waals surface area contributed by atoms with Gasteiger partial charge in [0, 0.05) is 39.5 Å². The molecule has 0 fully saturated rings. The molecule has 222 valence electrons. The largest absolute Gasteiger partial charge is 0.308 e. The first-order chi connectivity index (χ1) is 22.7. The second-order valence-corrected chi connectivity index (χ2v) is 11.8. The molecular formula is C42H34N4. The number of hydrogen-bond donors (Lipinski definition) is 0. The molecule has 0 saturated carbocycles. The minimum Gasteiger partial charge on any atom is -0.308 e. The van der Waals surface area contributed by atoms with Gasteiger partial charge in [0.2, 0.25) is 0 Å². The predicted molar refractivity (Wildman–Crippen MR) is 192 cm³/mol. The zero-order valence-electron chi connectivity index (χ0n) is 25.9. The second kappa shape index (κ2) is 11.6. The monoisotopic (exact) mass is 594 g/mol. The summed E-state index contributed by atoms with van der Waals surface area (Å²) < 4.78 is 4.59.